The van der Waals surface area contributed by atoms with Crippen LogP contribution in [0.15, 0.2) is 30.3 Å². The summed E-state index contributed by atoms with van der Waals surface area (Å²) in [5.74, 6) is -0.635. The standard InChI is InChI=1S/C15H19NO3/c1-11(13-7-8-13)15(19)16(10-14(17)18)9-12-5-3-2-4-6-12/h2-6,11,13H,7-10H2,1H3,(H,17,18). The highest BCUT2D eigenvalue weighted by Crippen LogP contribution is 2.37. The molecule has 19 heavy (non-hydrogen) atoms. The molecule has 1 aliphatic carbocycles. The zero-order valence-corrected chi connectivity index (χ0v) is 11.1. The van der Waals surface area contributed by atoms with Crippen LogP contribution in [0.25, 0.3) is 0 Å². The fraction of sp³-hybridized carbons (Fsp3) is 0.467. The Balaban J connectivity index is 2.06. The quantitative estimate of drug-likeness (QED) is 0.853. The molecular weight excluding hydrogens is 242 g/mol. The second kappa shape index (κ2) is 5.87. The average molecular weight is 261 g/mol. The maximum absolute atomic E-state index is 12.3. The van der Waals surface area contributed by atoms with Crippen molar-refractivity contribution in [1.29, 1.82) is 0 Å². The molecule has 102 valence electrons. The molecule has 1 fully saturated rings. The van der Waals surface area contributed by atoms with Gasteiger partial charge in [0.15, 0.2) is 0 Å². The Hall–Kier alpha value is -1.84. The van der Waals surface area contributed by atoms with Crippen molar-refractivity contribution in [3.8, 4) is 0 Å². The van der Waals surface area contributed by atoms with Crippen LogP contribution < -0.4 is 0 Å². The van der Waals surface area contributed by atoms with E-state index in [0.29, 0.717) is 12.5 Å². The van der Waals surface area contributed by atoms with Gasteiger partial charge in [0.2, 0.25) is 5.91 Å². The van der Waals surface area contributed by atoms with Gasteiger partial charge in [-0.1, -0.05) is 37.3 Å². The van der Waals surface area contributed by atoms with E-state index >= 15 is 0 Å². The van der Waals surface area contributed by atoms with E-state index in [4.69, 9.17) is 5.11 Å². The van der Waals surface area contributed by atoms with Crippen LogP contribution in [-0.2, 0) is 16.1 Å². The molecule has 1 unspecified atom stereocenters. The van der Waals surface area contributed by atoms with Crippen molar-refractivity contribution in [3.63, 3.8) is 0 Å². The zero-order chi connectivity index (χ0) is 13.8. The number of hydrogen-bond donors (Lipinski definition) is 1. The van der Waals surface area contributed by atoms with Crippen LogP contribution >= 0.6 is 0 Å². The predicted molar refractivity (Wildman–Crippen MR) is 71.4 cm³/mol. The minimum absolute atomic E-state index is 0.0475. The van der Waals surface area contributed by atoms with E-state index in [0.717, 1.165) is 18.4 Å². The van der Waals surface area contributed by atoms with Crippen LogP contribution in [0.3, 0.4) is 0 Å². The van der Waals surface area contributed by atoms with E-state index in [9.17, 15) is 9.59 Å². The molecular formula is C15H19NO3. The molecule has 2 rings (SSSR count). The minimum Gasteiger partial charge on any atom is -0.480 e. The molecule has 0 aliphatic heterocycles. The van der Waals surface area contributed by atoms with Gasteiger partial charge in [0.25, 0.3) is 0 Å². The molecule has 0 bridgehead atoms. The van der Waals surface area contributed by atoms with Crippen molar-refractivity contribution < 1.29 is 14.7 Å². The number of carbonyl (C=O) groups excluding carboxylic acids is 1. The van der Waals surface area contributed by atoms with Crippen LogP contribution in [0.1, 0.15) is 25.3 Å². The first-order chi connectivity index (χ1) is 9.08. The number of carbonyl (C=O) groups is 2. The monoisotopic (exact) mass is 261 g/mol. The second-order valence-corrected chi connectivity index (χ2v) is 5.20. The number of amides is 1. The summed E-state index contributed by atoms with van der Waals surface area (Å²) >= 11 is 0. The van der Waals surface area contributed by atoms with Crippen molar-refractivity contribution in [3.05, 3.63) is 35.9 Å². The van der Waals surface area contributed by atoms with Gasteiger partial charge in [-0.05, 0) is 24.3 Å². The molecule has 1 N–H and O–H groups in total. The van der Waals surface area contributed by atoms with E-state index in [2.05, 4.69) is 0 Å². The number of nitrogens with zero attached hydrogens (tertiary/aromatic N) is 1. The van der Waals surface area contributed by atoms with Gasteiger partial charge in [-0.15, -0.1) is 0 Å². The first-order valence-corrected chi connectivity index (χ1v) is 6.62. The Morgan fingerprint density at radius 2 is 1.95 bits per heavy atom. The average Bonchev–Trinajstić information content (AvgIpc) is 3.21. The molecule has 0 spiro atoms. The van der Waals surface area contributed by atoms with Crippen molar-refractivity contribution >= 4 is 11.9 Å². The Morgan fingerprint density at radius 3 is 2.47 bits per heavy atom. The van der Waals surface area contributed by atoms with Gasteiger partial charge >= 0.3 is 5.97 Å². The van der Waals surface area contributed by atoms with Gasteiger partial charge in [-0.3, -0.25) is 9.59 Å². The first-order valence-electron chi connectivity index (χ1n) is 6.62. The fourth-order valence-corrected chi connectivity index (χ4v) is 2.26. The van der Waals surface area contributed by atoms with E-state index in [-0.39, 0.29) is 18.4 Å². The van der Waals surface area contributed by atoms with E-state index < -0.39 is 5.97 Å². The lowest BCUT2D eigenvalue weighted by atomic mass is 10.0. The van der Waals surface area contributed by atoms with Gasteiger partial charge in [0, 0.05) is 12.5 Å². The molecule has 1 aromatic rings. The number of aliphatic carboxylic acids is 1. The molecule has 1 aromatic carbocycles. The molecule has 1 saturated carbocycles. The maximum Gasteiger partial charge on any atom is 0.323 e. The summed E-state index contributed by atoms with van der Waals surface area (Å²) in [7, 11) is 0. The maximum atomic E-state index is 12.3. The highest BCUT2D eigenvalue weighted by molar-refractivity contribution is 5.83. The first kappa shape index (κ1) is 13.6. The van der Waals surface area contributed by atoms with Crippen LogP contribution in [0.4, 0.5) is 0 Å². The molecule has 1 amide bonds. The third-order valence-corrected chi connectivity index (χ3v) is 3.57. The molecule has 0 aromatic heterocycles. The summed E-state index contributed by atoms with van der Waals surface area (Å²) in [4.78, 5) is 24.7. The van der Waals surface area contributed by atoms with E-state index in [1.54, 1.807) is 0 Å². The minimum atomic E-state index is -0.965. The highest BCUT2D eigenvalue weighted by Gasteiger charge is 2.35. The molecule has 0 saturated heterocycles. The summed E-state index contributed by atoms with van der Waals surface area (Å²) in [5, 5.41) is 8.95. The molecule has 1 atom stereocenters. The Morgan fingerprint density at radius 1 is 1.32 bits per heavy atom. The molecule has 0 heterocycles. The SMILES string of the molecule is CC(C(=O)N(CC(=O)O)Cc1ccccc1)C1CC1. The van der Waals surface area contributed by atoms with Crippen LogP contribution in [0, 0.1) is 11.8 Å². The number of rotatable bonds is 6. The molecule has 4 heteroatoms. The van der Waals surface area contributed by atoms with Gasteiger partial charge < -0.3 is 10.0 Å². The Bertz CT molecular complexity index is 454. The van der Waals surface area contributed by atoms with Gasteiger partial charge in [0.1, 0.15) is 6.54 Å². The van der Waals surface area contributed by atoms with Crippen LogP contribution in [0.2, 0.25) is 0 Å². The van der Waals surface area contributed by atoms with Crippen molar-refractivity contribution in [2.75, 3.05) is 6.54 Å². The zero-order valence-electron chi connectivity index (χ0n) is 11.1. The Kier molecular flexibility index (Phi) is 4.20. The lowest BCUT2D eigenvalue weighted by Crippen LogP contribution is -2.39. The van der Waals surface area contributed by atoms with Gasteiger partial charge in [-0.25, -0.2) is 0 Å². The summed E-state index contributed by atoms with van der Waals surface area (Å²) in [5.41, 5.74) is 0.958. The van der Waals surface area contributed by atoms with Crippen molar-refractivity contribution in [1.82, 2.24) is 4.90 Å². The summed E-state index contributed by atoms with van der Waals surface area (Å²) in [6.45, 7) is 2.04. The van der Waals surface area contributed by atoms with Crippen molar-refractivity contribution in [2.45, 2.75) is 26.3 Å². The summed E-state index contributed by atoms with van der Waals surface area (Å²) in [6.07, 6.45) is 2.16. The number of carboxylic acid groups (broad SMARTS) is 1. The third-order valence-electron chi connectivity index (χ3n) is 3.57. The number of benzene rings is 1. The summed E-state index contributed by atoms with van der Waals surface area (Å²) in [6, 6.07) is 9.50. The lowest BCUT2D eigenvalue weighted by molar-refractivity contribution is -0.146. The fourth-order valence-electron chi connectivity index (χ4n) is 2.26. The lowest BCUT2D eigenvalue weighted by Gasteiger charge is -2.24. The smallest absolute Gasteiger partial charge is 0.323 e. The highest BCUT2D eigenvalue weighted by atomic mass is 16.4. The normalized spacial score (nSPS) is 15.8. The molecule has 0 radical (unpaired) electrons. The topological polar surface area (TPSA) is 57.6 Å². The van der Waals surface area contributed by atoms with Gasteiger partial charge in [-0.2, -0.15) is 0 Å². The molecule has 1 aliphatic rings. The van der Waals surface area contributed by atoms with Crippen molar-refractivity contribution in [2.24, 2.45) is 11.8 Å². The van der Waals surface area contributed by atoms with Gasteiger partial charge in [0.05, 0.1) is 0 Å². The molecule has 4 nitrogen and oxygen atoms in total. The largest absolute Gasteiger partial charge is 0.480 e. The predicted octanol–water partition coefficient (Wildman–Crippen LogP) is 2.15. The Labute approximate surface area is 113 Å². The van der Waals surface area contributed by atoms with E-state index in [1.165, 1.54) is 4.90 Å². The summed E-state index contributed by atoms with van der Waals surface area (Å²) < 4.78 is 0. The van der Waals surface area contributed by atoms with Crippen LogP contribution in [-0.4, -0.2) is 28.4 Å². The van der Waals surface area contributed by atoms with Crippen LogP contribution in [0.5, 0.6) is 0 Å². The third kappa shape index (κ3) is 3.81. The number of hydrogen-bond acceptors (Lipinski definition) is 2. The number of carboxylic acids is 1. The second-order valence-electron chi connectivity index (χ2n) is 5.20. The van der Waals surface area contributed by atoms with E-state index in [1.807, 2.05) is 37.3 Å².